The van der Waals surface area contributed by atoms with Crippen molar-refractivity contribution in [2.45, 2.75) is 51.1 Å². The summed E-state index contributed by atoms with van der Waals surface area (Å²) in [5.74, 6) is 0.924. The largest absolute Gasteiger partial charge is 0.416 e. The van der Waals surface area contributed by atoms with Crippen LogP contribution in [0.1, 0.15) is 42.1 Å². The van der Waals surface area contributed by atoms with Crippen LogP contribution < -0.4 is 10.0 Å². The van der Waals surface area contributed by atoms with Crippen molar-refractivity contribution in [2.75, 3.05) is 22.8 Å². The summed E-state index contributed by atoms with van der Waals surface area (Å²) in [7, 11) is -1.20. The van der Waals surface area contributed by atoms with Crippen molar-refractivity contribution in [3.05, 3.63) is 77.8 Å². The summed E-state index contributed by atoms with van der Waals surface area (Å²) in [6.07, 6.45) is 2.62. The maximum atomic E-state index is 12.8. The first-order chi connectivity index (χ1) is 18.6. The van der Waals surface area contributed by atoms with E-state index in [9.17, 15) is 17.4 Å². The maximum absolute atomic E-state index is 12.8. The van der Waals surface area contributed by atoms with E-state index in [2.05, 4.69) is 48.3 Å². The van der Waals surface area contributed by atoms with Gasteiger partial charge >= 0.3 is 6.18 Å². The van der Waals surface area contributed by atoms with Crippen LogP contribution in [0.4, 0.5) is 30.6 Å². The Hall–Kier alpha value is -3.51. The first-order valence-corrected chi connectivity index (χ1v) is 14.2. The van der Waals surface area contributed by atoms with Gasteiger partial charge < -0.3 is 10.2 Å². The van der Waals surface area contributed by atoms with E-state index in [0.29, 0.717) is 30.0 Å². The minimum atomic E-state index is -4.37. The predicted octanol–water partition coefficient (Wildman–Crippen LogP) is 5.18. The summed E-state index contributed by atoms with van der Waals surface area (Å²) in [5, 5.41) is 3.01. The molecule has 2 N–H and O–H groups in total. The van der Waals surface area contributed by atoms with E-state index in [4.69, 9.17) is 0 Å². The Morgan fingerprint density at radius 2 is 1.92 bits per heavy atom. The number of pyridine rings is 1. The minimum Gasteiger partial charge on any atom is -0.369 e. The number of hydrogen-bond acceptors (Lipinski definition) is 7. The zero-order chi connectivity index (χ0) is 27.7. The van der Waals surface area contributed by atoms with Gasteiger partial charge in [0.25, 0.3) is 0 Å². The van der Waals surface area contributed by atoms with E-state index in [0.717, 1.165) is 60.6 Å². The van der Waals surface area contributed by atoms with E-state index in [1.54, 1.807) is 18.6 Å². The molecule has 0 aliphatic carbocycles. The molecular formula is C27H30F3N7OS. The third-order valence-electron chi connectivity index (χ3n) is 7.20. The molecule has 39 heavy (non-hydrogen) atoms. The lowest BCUT2D eigenvalue weighted by atomic mass is 9.95. The van der Waals surface area contributed by atoms with Gasteiger partial charge in [-0.05, 0) is 56.2 Å². The molecule has 0 amide bonds. The van der Waals surface area contributed by atoms with Crippen molar-refractivity contribution in [3.8, 4) is 0 Å². The van der Waals surface area contributed by atoms with Gasteiger partial charge in [0.05, 0.1) is 11.3 Å². The van der Waals surface area contributed by atoms with Gasteiger partial charge in [0.1, 0.15) is 16.8 Å². The second-order valence-corrected chi connectivity index (χ2v) is 11.0. The fourth-order valence-electron chi connectivity index (χ4n) is 5.23. The number of likely N-dealkylation sites (tertiary alicyclic amines) is 1. The number of fused-ring (bicyclic) bond motifs is 1. The van der Waals surface area contributed by atoms with Crippen LogP contribution >= 0.6 is 0 Å². The summed E-state index contributed by atoms with van der Waals surface area (Å²) >= 11 is 0. The molecule has 0 bridgehead atoms. The number of anilines is 3. The number of halogens is 3. The van der Waals surface area contributed by atoms with E-state index in [-0.39, 0.29) is 6.04 Å². The second-order valence-electron chi connectivity index (χ2n) is 9.92. The zero-order valence-electron chi connectivity index (χ0n) is 21.7. The van der Waals surface area contributed by atoms with E-state index in [1.165, 1.54) is 12.1 Å². The topological polar surface area (TPSA) is 86.3 Å². The molecule has 206 valence electrons. The quantitative estimate of drug-likeness (QED) is 0.414. The normalized spacial score (nSPS) is 20.4. The van der Waals surface area contributed by atoms with E-state index in [1.807, 2.05) is 12.1 Å². The van der Waals surface area contributed by atoms with Crippen LogP contribution in [0.15, 0.2) is 55.4 Å². The van der Waals surface area contributed by atoms with Crippen LogP contribution in [0.2, 0.25) is 0 Å². The van der Waals surface area contributed by atoms with Crippen molar-refractivity contribution in [1.29, 1.82) is 0 Å². The van der Waals surface area contributed by atoms with Gasteiger partial charge in [-0.1, -0.05) is 6.58 Å². The Kier molecular flexibility index (Phi) is 7.59. The average Bonchev–Trinajstić information content (AvgIpc) is 3.31. The van der Waals surface area contributed by atoms with Gasteiger partial charge in [0.15, 0.2) is 0 Å². The standard InChI is InChI=1S/C27H30F3N7OS/c1-17-12-23(9-11-37(17)18(2)19-8-10-31-25(13-19)35-39(3)38)36-15-20-14-32-26(34-24(20)16-36)33-22-6-4-21(5-7-22)27(28,29)30/h4-8,10,13-14,17,23H,2,9,11-12,15-16H2,1,3H3,(H,31,35)(H,32,33,34)/t17-,23-,39?/m1/s1. The summed E-state index contributed by atoms with van der Waals surface area (Å²) < 4.78 is 52.8. The number of alkyl halides is 3. The molecule has 3 atom stereocenters. The third-order valence-corrected chi connectivity index (χ3v) is 7.70. The lowest BCUT2D eigenvalue weighted by molar-refractivity contribution is -0.137. The molecular weight excluding hydrogens is 527 g/mol. The molecule has 1 saturated heterocycles. The maximum Gasteiger partial charge on any atom is 0.416 e. The fourth-order valence-corrected chi connectivity index (χ4v) is 5.63. The van der Waals surface area contributed by atoms with Gasteiger partial charge in [0.2, 0.25) is 5.95 Å². The SMILES string of the molecule is C=C(c1ccnc(NS(C)=O)c1)N1CC[C@@H](N2Cc3cnc(Nc4ccc(C(F)(F)F)cc4)nc3C2)C[C@H]1C. The molecule has 2 aliphatic rings. The molecule has 1 aromatic carbocycles. The third kappa shape index (κ3) is 6.22. The van der Waals surface area contributed by atoms with Gasteiger partial charge in [-0.15, -0.1) is 0 Å². The fraction of sp³-hybridized carbons (Fsp3) is 0.370. The van der Waals surface area contributed by atoms with Crippen LogP contribution in [-0.2, 0) is 30.3 Å². The number of aromatic nitrogens is 3. The zero-order valence-corrected chi connectivity index (χ0v) is 22.5. The van der Waals surface area contributed by atoms with Crippen LogP contribution in [0, 0.1) is 0 Å². The number of piperidine rings is 1. The molecule has 0 spiro atoms. The number of nitrogens with zero attached hydrogens (tertiary/aromatic N) is 5. The number of nitrogens with one attached hydrogen (secondary N) is 2. The van der Waals surface area contributed by atoms with Crippen molar-refractivity contribution in [1.82, 2.24) is 24.8 Å². The Labute approximate surface area is 228 Å². The first kappa shape index (κ1) is 27.1. The Balaban J connectivity index is 1.19. The average molecular weight is 558 g/mol. The van der Waals surface area contributed by atoms with Gasteiger partial charge in [-0.25, -0.2) is 19.2 Å². The van der Waals surface area contributed by atoms with Gasteiger partial charge in [0, 0.05) is 72.9 Å². The highest BCUT2D eigenvalue weighted by Gasteiger charge is 2.34. The van der Waals surface area contributed by atoms with Gasteiger partial charge in [-0.2, -0.15) is 13.2 Å². The molecule has 12 heteroatoms. The molecule has 2 aliphatic heterocycles. The highest BCUT2D eigenvalue weighted by molar-refractivity contribution is 7.85. The monoisotopic (exact) mass is 557 g/mol. The first-order valence-electron chi connectivity index (χ1n) is 12.6. The molecule has 4 heterocycles. The molecule has 0 saturated carbocycles. The molecule has 0 radical (unpaired) electrons. The second kappa shape index (κ2) is 10.9. The molecule has 1 unspecified atom stereocenters. The molecule has 2 aromatic heterocycles. The number of rotatable bonds is 7. The lowest BCUT2D eigenvalue weighted by Gasteiger charge is -2.43. The summed E-state index contributed by atoms with van der Waals surface area (Å²) in [5.41, 5.74) is 3.67. The van der Waals surface area contributed by atoms with Crippen molar-refractivity contribution >= 4 is 34.1 Å². The van der Waals surface area contributed by atoms with Gasteiger partial charge in [-0.3, -0.25) is 9.62 Å². The van der Waals surface area contributed by atoms with Crippen molar-refractivity contribution in [2.24, 2.45) is 0 Å². The lowest BCUT2D eigenvalue weighted by Crippen LogP contribution is -2.46. The smallest absolute Gasteiger partial charge is 0.369 e. The Morgan fingerprint density at radius 3 is 2.62 bits per heavy atom. The minimum absolute atomic E-state index is 0.271. The highest BCUT2D eigenvalue weighted by Crippen LogP contribution is 2.34. The summed E-state index contributed by atoms with van der Waals surface area (Å²) in [6.45, 7) is 8.86. The van der Waals surface area contributed by atoms with Crippen LogP contribution in [0.25, 0.3) is 5.70 Å². The van der Waals surface area contributed by atoms with Crippen LogP contribution in [0.3, 0.4) is 0 Å². The molecule has 3 aromatic rings. The molecule has 8 nitrogen and oxygen atoms in total. The van der Waals surface area contributed by atoms with E-state index < -0.39 is 22.7 Å². The molecule has 1 fully saturated rings. The van der Waals surface area contributed by atoms with Crippen LogP contribution in [0.5, 0.6) is 0 Å². The summed E-state index contributed by atoms with van der Waals surface area (Å²) in [4.78, 5) is 18.0. The van der Waals surface area contributed by atoms with E-state index >= 15 is 0 Å². The Morgan fingerprint density at radius 1 is 1.15 bits per heavy atom. The number of hydrogen-bond donors (Lipinski definition) is 2. The number of benzene rings is 1. The molecule has 5 rings (SSSR count). The van der Waals surface area contributed by atoms with Crippen molar-refractivity contribution in [3.63, 3.8) is 0 Å². The highest BCUT2D eigenvalue weighted by atomic mass is 32.2. The Bertz CT molecular complexity index is 1380. The van der Waals surface area contributed by atoms with Crippen LogP contribution in [-0.4, -0.2) is 53.8 Å². The summed E-state index contributed by atoms with van der Waals surface area (Å²) in [6, 6.07) is 9.26. The van der Waals surface area contributed by atoms with Crippen molar-refractivity contribution < 1.29 is 17.4 Å². The predicted molar refractivity (Wildman–Crippen MR) is 146 cm³/mol.